The van der Waals surface area contributed by atoms with Crippen molar-refractivity contribution in [1.29, 1.82) is 0 Å². The van der Waals surface area contributed by atoms with E-state index in [4.69, 9.17) is 9.47 Å². The first kappa shape index (κ1) is 23.9. The molecular formula is C29H27NO5S. The monoisotopic (exact) mass is 501 g/mol. The number of thiophene rings is 1. The van der Waals surface area contributed by atoms with Crippen LogP contribution in [0, 0.1) is 0 Å². The number of carbonyl (C=O) groups is 2. The van der Waals surface area contributed by atoms with E-state index in [9.17, 15) is 14.7 Å². The topological polar surface area (TPSA) is 84.9 Å². The predicted molar refractivity (Wildman–Crippen MR) is 138 cm³/mol. The molecule has 2 aliphatic rings. The average Bonchev–Trinajstić information content (AvgIpc) is 3.41. The van der Waals surface area contributed by atoms with E-state index in [2.05, 4.69) is 11.4 Å². The zero-order valence-electron chi connectivity index (χ0n) is 19.9. The van der Waals surface area contributed by atoms with Crippen LogP contribution in [0.1, 0.15) is 42.0 Å². The molecule has 1 aromatic heterocycles. The van der Waals surface area contributed by atoms with Crippen LogP contribution in [-0.4, -0.2) is 30.1 Å². The number of para-hydroxylation sites is 1. The average molecular weight is 502 g/mol. The number of Topliss-reactive ketones (excluding diaryl/α,β-unsaturated/α-hetero) is 1. The molecule has 1 aliphatic heterocycles. The first-order valence-electron chi connectivity index (χ1n) is 11.9. The summed E-state index contributed by atoms with van der Waals surface area (Å²) in [6, 6.07) is 20.1. The van der Waals surface area contributed by atoms with Crippen molar-refractivity contribution in [2.45, 2.75) is 31.6 Å². The number of esters is 1. The first-order chi connectivity index (χ1) is 17.5. The zero-order valence-corrected chi connectivity index (χ0v) is 20.7. The van der Waals surface area contributed by atoms with Crippen molar-refractivity contribution in [2.24, 2.45) is 0 Å². The number of phenols is 1. The molecule has 7 heteroatoms. The van der Waals surface area contributed by atoms with Gasteiger partial charge in [0.1, 0.15) is 24.7 Å². The standard InChI is InChI=1S/C29H27NO5S/c1-18-26(29(33)35-13-12-34-22-9-3-2-4-10-22)27(19-7-5-8-21(31)15-19)28-23(30-18)16-20(17-24(28)32)25-11-6-14-36-25/h2-11,14-15,20,27,30-31H,12-13,16-17H2,1H3/t20-,27-/m0/s1. The number of nitrogens with one attached hydrogen (secondary N) is 1. The van der Waals surface area contributed by atoms with Crippen LogP contribution >= 0.6 is 11.3 Å². The quantitative estimate of drug-likeness (QED) is 0.331. The third-order valence-electron chi connectivity index (χ3n) is 6.53. The van der Waals surface area contributed by atoms with Gasteiger partial charge in [-0.15, -0.1) is 11.3 Å². The number of phenolic OH excluding ortho intramolecular Hbond substituents is 1. The highest BCUT2D eigenvalue weighted by Crippen LogP contribution is 2.46. The summed E-state index contributed by atoms with van der Waals surface area (Å²) < 4.78 is 11.2. The van der Waals surface area contributed by atoms with Gasteiger partial charge in [-0.3, -0.25) is 4.79 Å². The molecule has 0 amide bonds. The summed E-state index contributed by atoms with van der Waals surface area (Å²) in [5.41, 5.74) is 3.11. The number of allylic oxidation sites excluding steroid dienone is 3. The summed E-state index contributed by atoms with van der Waals surface area (Å²) in [4.78, 5) is 28.1. The summed E-state index contributed by atoms with van der Waals surface area (Å²) in [6.45, 7) is 2.11. The Morgan fingerprint density at radius 3 is 2.64 bits per heavy atom. The fourth-order valence-corrected chi connectivity index (χ4v) is 5.79. The summed E-state index contributed by atoms with van der Waals surface area (Å²) in [5.74, 6) is -0.249. The van der Waals surface area contributed by atoms with Gasteiger partial charge in [-0.05, 0) is 54.6 Å². The number of aromatic hydroxyl groups is 1. The third kappa shape index (κ3) is 4.93. The Balaban J connectivity index is 1.41. The zero-order chi connectivity index (χ0) is 25.1. The van der Waals surface area contributed by atoms with Gasteiger partial charge < -0.3 is 19.9 Å². The van der Waals surface area contributed by atoms with Crippen molar-refractivity contribution in [3.05, 3.63) is 105 Å². The van der Waals surface area contributed by atoms with Crippen molar-refractivity contribution in [1.82, 2.24) is 5.32 Å². The van der Waals surface area contributed by atoms with E-state index >= 15 is 0 Å². The van der Waals surface area contributed by atoms with Crippen LogP contribution in [-0.2, 0) is 14.3 Å². The number of hydrogen-bond acceptors (Lipinski definition) is 7. The summed E-state index contributed by atoms with van der Waals surface area (Å²) in [5, 5.41) is 15.6. The molecule has 0 bridgehead atoms. The molecular weight excluding hydrogens is 474 g/mol. The second-order valence-electron chi connectivity index (χ2n) is 8.93. The van der Waals surface area contributed by atoms with E-state index in [1.807, 2.05) is 54.8 Å². The highest BCUT2D eigenvalue weighted by Gasteiger charge is 2.41. The molecule has 3 aromatic rings. The van der Waals surface area contributed by atoms with Crippen molar-refractivity contribution < 1.29 is 24.2 Å². The molecule has 2 aromatic carbocycles. The number of carbonyl (C=O) groups excluding carboxylic acids is 2. The van der Waals surface area contributed by atoms with E-state index in [0.29, 0.717) is 41.0 Å². The van der Waals surface area contributed by atoms with E-state index in [1.165, 1.54) is 4.88 Å². The van der Waals surface area contributed by atoms with Gasteiger partial charge in [0.15, 0.2) is 5.78 Å². The molecule has 0 spiro atoms. The molecule has 0 unspecified atom stereocenters. The maximum absolute atomic E-state index is 13.5. The van der Waals surface area contributed by atoms with Crippen LogP contribution in [0.25, 0.3) is 0 Å². The van der Waals surface area contributed by atoms with Gasteiger partial charge in [-0.2, -0.15) is 0 Å². The smallest absolute Gasteiger partial charge is 0.336 e. The highest BCUT2D eigenvalue weighted by atomic mass is 32.1. The lowest BCUT2D eigenvalue weighted by molar-refractivity contribution is -0.140. The Morgan fingerprint density at radius 2 is 1.89 bits per heavy atom. The van der Waals surface area contributed by atoms with Crippen LogP contribution in [0.2, 0.25) is 0 Å². The number of benzene rings is 2. The minimum atomic E-state index is -0.618. The highest BCUT2D eigenvalue weighted by molar-refractivity contribution is 7.10. The number of dihydropyridines is 1. The third-order valence-corrected chi connectivity index (χ3v) is 7.56. The fraction of sp³-hybridized carbons (Fsp3) is 0.241. The number of ketones is 1. The number of hydrogen-bond donors (Lipinski definition) is 2. The maximum Gasteiger partial charge on any atom is 0.336 e. The second kappa shape index (κ2) is 10.4. The minimum Gasteiger partial charge on any atom is -0.508 e. The maximum atomic E-state index is 13.5. The SMILES string of the molecule is CC1=C(C(=O)OCCOc2ccccc2)[C@H](c2cccc(O)c2)C2=C(C[C@H](c3cccs3)CC2=O)N1. The van der Waals surface area contributed by atoms with E-state index in [1.54, 1.807) is 29.5 Å². The molecule has 0 radical (unpaired) electrons. The van der Waals surface area contributed by atoms with E-state index < -0.39 is 11.9 Å². The lowest BCUT2D eigenvalue weighted by Gasteiger charge is -2.36. The van der Waals surface area contributed by atoms with Crippen LogP contribution in [0.3, 0.4) is 0 Å². The Morgan fingerprint density at radius 1 is 1.06 bits per heavy atom. The fourth-order valence-electron chi connectivity index (χ4n) is 4.96. The van der Waals surface area contributed by atoms with Crippen molar-refractivity contribution in [2.75, 3.05) is 13.2 Å². The minimum absolute atomic E-state index is 0.000652. The Labute approximate surface area is 213 Å². The molecule has 184 valence electrons. The van der Waals surface area contributed by atoms with Crippen LogP contribution in [0.5, 0.6) is 11.5 Å². The molecule has 5 rings (SSSR count). The summed E-state index contributed by atoms with van der Waals surface area (Å²) in [6.07, 6.45) is 1.06. The van der Waals surface area contributed by atoms with Gasteiger partial charge >= 0.3 is 5.97 Å². The molecule has 1 aliphatic carbocycles. The predicted octanol–water partition coefficient (Wildman–Crippen LogP) is 5.44. The van der Waals surface area contributed by atoms with E-state index in [-0.39, 0.29) is 30.7 Å². The van der Waals surface area contributed by atoms with Gasteiger partial charge in [0.05, 0.1) is 5.57 Å². The van der Waals surface area contributed by atoms with Crippen molar-refractivity contribution in [3.8, 4) is 11.5 Å². The first-order valence-corrected chi connectivity index (χ1v) is 12.8. The number of rotatable bonds is 7. The van der Waals surface area contributed by atoms with Crippen LogP contribution in [0.15, 0.2) is 94.7 Å². The van der Waals surface area contributed by atoms with Crippen LogP contribution in [0.4, 0.5) is 0 Å². The molecule has 0 fully saturated rings. The molecule has 2 atom stereocenters. The molecule has 2 N–H and O–H groups in total. The van der Waals surface area contributed by atoms with Gasteiger partial charge in [0, 0.05) is 40.1 Å². The molecule has 36 heavy (non-hydrogen) atoms. The Hall–Kier alpha value is -3.84. The lowest BCUT2D eigenvalue weighted by atomic mass is 9.72. The van der Waals surface area contributed by atoms with Gasteiger partial charge in [0.25, 0.3) is 0 Å². The molecule has 6 nitrogen and oxygen atoms in total. The Kier molecular flexibility index (Phi) is 6.91. The molecule has 0 saturated carbocycles. The molecule has 0 saturated heterocycles. The van der Waals surface area contributed by atoms with Crippen LogP contribution < -0.4 is 10.1 Å². The van der Waals surface area contributed by atoms with Gasteiger partial charge in [-0.1, -0.05) is 36.4 Å². The Bertz CT molecular complexity index is 1330. The van der Waals surface area contributed by atoms with Gasteiger partial charge in [-0.25, -0.2) is 4.79 Å². The molecule has 2 heterocycles. The second-order valence-corrected chi connectivity index (χ2v) is 9.90. The normalized spacial score (nSPS) is 19.5. The summed E-state index contributed by atoms with van der Waals surface area (Å²) >= 11 is 1.65. The lowest BCUT2D eigenvalue weighted by Crippen LogP contribution is -2.36. The van der Waals surface area contributed by atoms with Crippen molar-refractivity contribution in [3.63, 3.8) is 0 Å². The largest absolute Gasteiger partial charge is 0.508 e. The summed E-state index contributed by atoms with van der Waals surface area (Å²) in [7, 11) is 0. The van der Waals surface area contributed by atoms with Crippen molar-refractivity contribution >= 4 is 23.1 Å². The van der Waals surface area contributed by atoms with E-state index in [0.717, 1.165) is 5.70 Å². The number of ether oxygens (including phenoxy) is 2. The van der Waals surface area contributed by atoms with Gasteiger partial charge in [0.2, 0.25) is 0 Å².